The van der Waals surface area contributed by atoms with Crippen LogP contribution in [-0.4, -0.2) is 45.4 Å². The van der Waals surface area contributed by atoms with Gasteiger partial charge in [-0.1, -0.05) is 33.8 Å². The molecule has 0 unspecified atom stereocenters. The molecule has 5 nitrogen and oxygen atoms in total. The maximum absolute atomic E-state index is 12.4. The first-order valence-electron chi connectivity index (χ1n) is 9.71. The van der Waals surface area contributed by atoms with Crippen LogP contribution in [0, 0.1) is 10.8 Å². The molecule has 0 radical (unpaired) electrons. The molecule has 0 aromatic carbocycles. The third-order valence-corrected chi connectivity index (χ3v) is 5.32. The SMILES string of the molecule is CC1(C)CN(C(=O)c2ccccn2)C(C)(C)C1.CC1(C)CNC(C)(C)C1.Cl.[Na+].[OH-]. The Morgan fingerprint density at radius 3 is 1.90 bits per heavy atom. The zero-order valence-electron chi connectivity index (χ0n) is 19.8. The molecule has 0 atom stereocenters. The summed E-state index contributed by atoms with van der Waals surface area (Å²) in [6.45, 7) is 19.8. The van der Waals surface area contributed by atoms with E-state index in [4.69, 9.17) is 0 Å². The number of nitrogens with zero attached hydrogens (tertiary/aromatic N) is 2. The van der Waals surface area contributed by atoms with Gasteiger partial charge in [0.1, 0.15) is 5.69 Å². The number of amides is 1. The van der Waals surface area contributed by atoms with Gasteiger partial charge in [-0.25, -0.2) is 0 Å². The molecule has 2 aliphatic rings. The van der Waals surface area contributed by atoms with Crippen LogP contribution in [0.15, 0.2) is 24.4 Å². The van der Waals surface area contributed by atoms with Crippen molar-refractivity contribution in [3.8, 4) is 0 Å². The molecule has 2 aliphatic heterocycles. The van der Waals surface area contributed by atoms with Gasteiger partial charge in [0.15, 0.2) is 0 Å². The molecular formula is C22H39ClN3NaO2. The van der Waals surface area contributed by atoms with Gasteiger partial charge in [0, 0.05) is 30.4 Å². The summed E-state index contributed by atoms with van der Waals surface area (Å²) in [5.74, 6) is 0.0428. The van der Waals surface area contributed by atoms with Crippen molar-refractivity contribution < 1.29 is 39.8 Å². The molecule has 7 heteroatoms. The van der Waals surface area contributed by atoms with E-state index in [1.807, 2.05) is 17.0 Å². The molecule has 2 fully saturated rings. The number of hydrogen-bond donors (Lipinski definition) is 1. The molecule has 162 valence electrons. The number of carbonyl (C=O) groups is 1. The van der Waals surface area contributed by atoms with Crippen LogP contribution in [0.4, 0.5) is 0 Å². The van der Waals surface area contributed by atoms with Crippen LogP contribution in [0.25, 0.3) is 0 Å². The molecule has 1 aromatic rings. The first-order chi connectivity index (χ1) is 11.7. The Morgan fingerprint density at radius 1 is 1.00 bits per heavy atom. The van der Waals surface area contributed by atoms with Crippen LogP contribution in [0.1, 0.15) is 78.7 Å². The Bertz CT molecular complexity index is 635. The molecule has 2 saturated heterocycles. The van der Waals surface area contributed by atoms with Gasteiger partial charge in [0.2, 0.25) is 0 Å². The maximum atomic E-state index is 12.4. The molecule has 29 heavy (non-hydrogen) atoms. The maximum Gasteiger partial charge on any atom is 1.00 e. The van der Waals surface area contributed by atoms with Crippen molar-refractivity contribution in [1.82, 2.24) is 15.2 Å². The van der Waals surface area contributed by atoms with Crippen molar-refractivity contribution in [2.24, 2.45) is 10.8 Å². The van der Waals surface area contributed by atoms with Crippen molar-refractivity contribution in [1.29, 1.82) is 0 Å². The van der Waals surface area contributed by atoms with Crippen molar-refractivity contribution in [2.75, 3.05) is 13.1 Å². The average molecular weight is 436 g/mol. The number of carbonyl (C=O) groups excluding carboxylic acids is 1. The minimum absolute atomic E-state index is 0. The van der Waals surface area contributed by atoms with Gasteiger partial charge < -0.3 is 15.7 Å². The summed E-state index contributed by atoms with van der Waals surface area (Å²) in [5.41, 5.74) is 1.54. The zero-order valence-corrected chi connectivity index (χ0v) is 22.6. The van der Waals surface area contributed by atoms with Gasteiger partial charge >= 0.3 is 29.6 Å². The second-order valence-electron chi connectivity index (χ2n) is 10.8. The summed E-state index contributed by atoms with van der Waals surface area (Å²) in [7, 11) is 0. The summed E-state index contributed by atoms with van der Waals surface area (Å²) in [6, 6.07) is 5.47. The Hall–Kier alpha value is -0.170. The second kappa shape index (κ2) is 10.9. The normalized spacial score (nSPS) is 22.1. The third kappa shape index (κ3) is 8.84. The topological polar surface area (TPSA) is 75.2 Å². The van der Waals surface area contributed by atoms with E-state index in [0.717, 1.165) is 13.0 Å². The van der Waals surface area contributed by atoms with Gasteiger partial charge in [0.05, 0.1) is 0 Å². The first-order valence-corrected chi connectivity index (χ1v) is 9.71. The number of rotatable bonds is 1. The van der Waals surface area contributed by atoms with E-state index in [-0.39, 0.29) is 64.3 Å². The Morgan fingerprint density at radius 2 is 1.59 bits per heavy atom. The summed E-state index contributed by atoms with van der Waals surface area (Å²) in [5, 5.41) is 3.49. The molecule has 3 heterocycles. The van der Waals surface area contributed by atoms with Crippen LogP contribution in [-0.2, 0) is 0 Å². The quantitative estimate of drug-likeness (QED) is 0.682. The average Bonchev–Trinajstić information content (AvgIpc) is 2.89. The number of aromatic nitrogens is 1. The Kier molecular flexibility index (Phi) is 11.7. The number of hydrogen-bond acceptors (Lipinski definition) is 4. The van der Waals surface area contributed by atoms with E-state index < -0.39 is 0 Å². The summed E-state index contributed by atoms with van der Waals surface area (Å²) >= 11 is 0. The minimum atomic E-state index is -0.0852. The smallest absolute Gasteiger partial charge is 0.870 e. The third-order valence-electron chi connectivity index (χ3n) is 5.32. The minimum Gasteiger partial charge on any atom is -0.870 e. The summed E-state index contributed by atoms with van der Waals surface area (Å²) in [6.07, 6.45) is 3.99. The fraction of sp³-hybridized carbons (Fsp3) is 0.727. The summed E-state index contributed by atoms with van der Waals surface area (Å²) < 4.78 is 0. The van der Waals surface area contributed by atoms with E-state index in [9.17, 15) is 4.79 Å². The van der Waals surface area contributed by atoms with Crippen LogP contribution in [0.3, 0.4) is 0 Å². The molecule has 0 aliphatic carbocycles. The molecule has 2 N–H and O–H groups in total. The van der Waals surface area contributed by atoms with E-state index in [0.29, 0.717) is 16.6 Å². The van der Waals surface area contributed by atoms with Gasteiger partial charge in [0.25, 0.3) is 5.91 Å². The fourth-order valence-electron chi connectivity index (χ4n) is 4.74. The molecule has 0 saturated carbocycles. The van der Waals surface area contributed by atoms with E-state index in [2.05, 4.69) is 65.7 Å². The number of halogens is 1. The van der Waals surface area contributed by atoms with Gasteiger partial charge in [-0.15, -0.1) is 12.4 Å². The molecule has 1 amide bonds. The molecule has 3 rings (SSSR count). The van der Waals surface area contributed by atoms with Crippen molar-refractivity contribution >= 4 is 18.3 Å². The van der Waals surface area contributed by atoms with E-state index in [1.54, 1.807) is 12.3 Å². The molecule has 0 spiro atoms. The second-order valence-corrected chi connectivity index (χ2v) is 10.8. The molecular weight excluding hydrogens is 397 g/mol. The fourth-order valence-corrected chi connectivity index (χ4v) is 4.74. The molecule has 0 bridgehead atoms. The van der Waals surface area contributed by atoms with E-state index >= 15 is 0 Å². The molecule has 1 aromatic heterocycles. The predicted octanol–water partition coefficient (Wildman–Crippen LogP) is 1.77. The largest absolute Gasteiger partial charge is 1.00 e. The summed E-state index contributed by atoms with van der Waals surface area (Å²) in [4.78, 5) is 18.5. The van der Waals surface area contributed by atoms with Crippen LogP contribution in [0.5, 0.6) is 0 Å². The zero-order chi connectivity index (χ0) is 19.8. The van der Waals surface area contributed by atoms with Crippen LogP contribution in [0.2, 0.25) is 0 Å². The van der Waals surface area contributed by atoms with Crippen molar-refractivity contribution in [3.05, 3.63) is 30.1 Å². The van der Waals surface area contributed by atoms with Crippen molar-refractivity contribution in [3.63, 3.8) is 0 Å². The predicted molar refractivity (Wildman–Crippen MR) is 117 cm³/mol. The van der Waals surface area contributed by atoms with Crippen LogP contribution >= 0.6 is 12.4 Å². The Balaban J connectivity index is 0. The standard InChI is InChI=1S/C14H20N2O.C8H17N.ClH.Na.H2O/c1-13(2)9-14(3,4)16(10-13)12(17)11-7-5-6-8-15-11;1-7(2)5-8(3,4)9-6-7;;;/h5-8H,9-10H2,1-4H3;9H,5-6H2,1-4H3;1H;;1H2/q;;;+1;/p-1. The van der Waals surface area contributed by atoms with E-state index in [1.165, 1.54) is 13.0 Å². The van der Waals surface area contributed by atoms with Crippen molar-refractivity contribution in [2.45, 2.75) is 79.3 Å². The number of nitrogens with one attached hydrogen (secondary N) is 1. The van der Waals surface area contributed by atoms with Crippen LogP contribution < -0.4 is 34.9 Å². The first kappa shape index (κ1) is 31.0. The monoisotopic (exact) mass is 435 g/mol. The number of likely N-dealkylation sites (tertiary alicyclic amines) is 1. The van der Waals surface area contributed by atoms with Gasteiger partial charge in [-0.3, -0.25) is 9.78 Å². The number of pyridine rings is 1. The van der Waals surface area contributed by atoms with Gasteiger partial charge in [-0.2, -0.15) is 0 Å². The Labute approximate surface area is 205 Å². The van der Waals surface area contributed by atoms with Gasteiger partial charge in [-0.05, 0) is 63.5 Å².